The van der Waals surface area contributed by atoms with Crippen LogP contribution in [0.4, 0.5) is 0 Å². The number of ether oxygens (including phenoxy) is 1. The van der Waals surface area contributed by atoms with Crippen LogP contribution in [-0.2, 0) is 16.1 Å². The van der Waals surface area contributed by atoms with Crippen molar-refractivity contribution in [1.82, 2.24) is 4.90 Å². The second-order valence-electron chi connectivity index (χ2n) is 6.62. The number of esters is 1. The van der Waals surface area contributed by atoms with Crippen LogP contribution in [0.5, 0.6) is 0 Å². The number of methoxy groups -OCH3 is 1. The zero-order valence-corrected chi connectivity index (χ0v) is 16.0. The van der Waals surface area contributed by atoms with Crippen LogP contribution >= 0.6 is 0 Å². The largest absolute Gasteiger partial charge is 0.467 e. The molecule has 3 aromatic rings. The summed E-state index contributed by atoms with van der Waals surface area (Å²) in [5.74, 6) is -0.690. The highest BCUT2D eigenvalue weighted by atomic mass is 16.5. The van der Waals surface area contributed by atoms with Crippen LogP contribution in [-0.4, -0.2) is 23.9 Å². The van der Waals surface area contributed by atoms with Gasteiger partial charge in [0, 0.05) is 12.1 Å². The van der Waals surface area contributed by atoms with Gasteiger partial charge in [-0.05, 0) is 30.2 Å². The maximum absolute atomic E-state index is 13.4. The summed E-state index contributed by atoms with van der Waals surface area (Å²) in [6.07, 6.45) is 0. The molecule has 0 spiro atoms. The van der Waals surface area contributed by atoms with Gasteiger partial charge >= 0.3 is 5.97 Å². The monoisotopic (exact) mass is 373 g/mol. The molecule has 142 valence electrons. The number of carbonyl (C=O) groups is 2. The van der Waals surface area contributed by atoms with Crippen molar-refractivity contribution in [3.63, 3.8) is 0 Å². The summed E-state index contributed by atoms with van der Waals surface area (Å²) in [6, 6.07) is 25.4. The van der Waals surface area contributed by atoms with Crippen molar-refractivity contribution in [1.29, 1.82) is 0 Å². The van der Waals surface area contributed by atoms with E-state index >= 15 is 0 Å². The molecule has 0 saturated carbocycles. The van der Waals surface area contributed by atoms with Crippen molar-refractivity contribution in [2.75, 3.05) is 7.11 Å². The third kappa shape index (κ3) is 4.46. The van der Waals surface area contributed by atoms with Crippen LogP contribution < -0.4 is 0 Å². The molecule has 1 unspecified atom stereocenters. The van der Waals surface area contributed by atoms with Crippen LogP contribution in [0.15, 0.2) is 84.9 Å². The van der Waals surface area contributed by atoms with Gasteiger partial charge in [-0.3, -0.25) is 4.79 Å². The van der Waals surface area contributed by atoms with Crippen molar-refractivity contribution >= 4 is 11.9 Å². The Morgan fingerprint density at radius 3 is 2.00 bits per heavy atom. The molecule has 28 heavy (non-hydrogen) atoms. The Bertz CT molecular complexity index is 921. The summed E-state index contributed by atoms with van der Waals surface area (Å²) in [5, 5.41) is 0. The fourth-order valence-electron chi connectivity index (χ4n) is 3.11. The minimum Gasteiger partial charge on any atom is -0.467 e. The predicted molar refractivity (Wildman–Crippen MR) is 109 cm³/mol. The average molecular weight is 373 g/mol. The fourth-order valence-corrected chi connectivity index (χ4v) is 3.11. The van der Waals surface area contributed by atoms with E-state index < -0.39 is 12.0 Å². The molecule has 3 aromatic carbocycles. The third-order valence-electron chi connectivity index (χ3n) is 4.61. The smallest absolute Gasteiger partial charge is 0.333 e. The SMILES string of the molecule is COC(=O)C(c1ccc(C)cc1)N(Cc1ccccc1)C(=O)c1ccccc1. The first-order valence-electron chi connectivity index (χ1n) is 9.14. The number of hydrogen-bond donors (Lipinski definition) is 0. The molecule has 4 nitrogen and oxygen atoms in total. The molecular weight excluding hydrogens is 350 g/mol. The highest BCUT2D eigenvalue weighted by Crippen LogP contribution is 2.27. The van der Waals surface area contributed by atoms with E-state index in [0.29, 0.717) is 12.1 Å². The Hall–Kier alpha value is -3.40. The van der Waals surface area contributed by atoms with Crippen LogP contribution in [0.2, 0.25) is 0 Å². The second kappa shape index (κ2) is 9.00. The van der Waals surface area contributed by atoms with E-state index in [0.717, 1.165) is 16.7 Å². The van der Waals surface area contributed by atoms with Gasteiger partial charge in [-0.15, -0.1) is 0 Å². The summed E-state index contributed by atoms with van der Waals surface area (Å²) in [5.41, 5.74) is 3.27. The van der Waals surface area contributed by atoms with Gasteiger partial charge in [-0.25, -0.2) is 4.79 Å². The Morgan fingerprint density at radius 1 is 0.857 bits per heavy atom. The van der Waals surface area contributed by atoms with E-state index in [1.165, 1.54) is 7.11 Å². The van der Waals surface area contributed by atoms with Crippen LogP contribution in [0.1, 0.15) is 33.1 Å². The predicted octanol–water partition coefficient (Wildman–Crippen LogP) is 4.55. The number of aryl methyl sites for hydroxylation is 1. The van der Waals surface area contributed by atoms with Gasteiger partial charge in [0.1, 0.15) is 0 Å². The van der Waals surface area contributed by atoms with Gasteiger partial charge in [0.25, 0.3) is 5.91 Å². The molecule has 0 aromatic heterocycles. The zero-order chi connectivity index (χ0) is 19.9. The van der Waals surface area contributed by atoms with E-state index in [9.17, 15) is 9.59 Å². The van der Waals surface area contributed by atoms with Gasteiger partial charge in [0.2, 0.25) is 0 Å². The minimum atomic E-state index is -0.835. The topological polar surface area (TPSA) is 46.6 Å². The van der Waals surface area contributed by atoms with Crippen molar-refractivity contribution in [2.24, 2.45) is 0 Å². The lowest BCUT2D eigenvalue weighted by atomic mass is 10.0. The van der Waals surface area contributed by atoms with Gasteiger partial charge < -0.3 is 9.64 Å². The Morgan fingerprint density at radius 2 is 1.43 bits per heavy atom. The molecule has 0 fully saturated rings. The van der Waals surface area contributed by atoms with Gasteiger partial charge in [0.15, 0.2) is 6.04 Å². The maximum atomic E-state index is 13.4. The van der Waals surface area contributed by atoms with Crippen molar-refractivity contribution in [3.8, 4) is 0 Å². The van der Waals surface area contributed by atoms with Crippen molar-refractivity contribution in [2.45, 2.75) is 19.5 Å². The summed E-state index contributed by atoms with van der Waals surface area (Å²) < 4.78 is 5.07. The molecule has 0 N–H and O–H groups in total. The fraction of sp³-hybridized carbons (Fsp3) is 0.167. The number of benzene rings is 3. The molecule has 0 aliphatic heterocycles. The number of carbonyl (C=O) groups excluding carboxylic acids is 2. The number of hydrogen-bond acceptors (Lipinski definition) is 3. The third-order valence-corrected chi connectivity index (χ3v) is 4.61. The second-order valence-corrected chi connectivity index (χ2v) is 6.62. The molecule has 0 radical (unpaired) electrons. The average Bonchev–Trinajstić information content (AvgIpc) is 2.75. The number of rotatable bonds is 6. The first kappa shape index (κ1) is 19.4. The van der Waals surface area contributed by atoms with Crippen LogP contribution in [0.25, 0.3) is 0 Å². The molecule has 0 heterocycles. The lowest BCUT2D eigenvalue weighted by Gasteiger charge is -2.30. The normalized spacial score (nSPS) is 11.5. The molecule has 0 saturated heterocycles. The summed E-state index contributed by atoms with van der Waals surface area (Å²) >= 11 is 0. The van der Waals surface area contributed by atoms with Gasteiger partial charge in [-0.2, -0.15) is 0 Å². The molecule has 1 amide bonds. The number of amides is 1. The molecule has 4 heteroatoms. The summed E-state index contributed by atoms with van der Waals surface area (Å²) in [4.78, 5) is 27.7. The first-order valence-corrected chi connectivity index (χ1v) is 9.14. The van der Waals surface area contributed by atoms with E-state index in [-0.39, 0.29) is 5.91 Å². The Balaban J connectivity index is 2.06. The van der Waals surface area contributed by atoms with Crippen LogP contribution in [0.3, 0.4) is 0 Å². The Kier molecular flexibility index (Phi) is 6.22. The zero-order valence-electron chi connectivity index (χ0n) is 16.0. The maximum Gasteiger partial charge on any atom is 0.333 e. The van der Waals surface area contributed by atoms with E-state index in [1.54, 1.807) is 17.0 Å². The van der Waals surface area contributed by atoms with Crippen molar-refractivity contribution < 1.29 is 14.3 Å². The summed E-state index contributed by atoms with van der Waals surface area (Å²) in [6.45, 7) is 2.27. The van der Waals surface area contributed by atoms with E-state index in [2.05, 4.69) is 0 Å². The lowest BCUT2D eigenvalue weighted by Crippen LogP contribution is -2.39. The molecule has 3 rings (SSSR count). The highest BCUT2D eigenvalue weighted by molar-refractivity contribution is 5.97. The molecule has 0 aliphatic carbocycles. The first-order chi connectivity index (χ1) is 13.6. The Labute approximate surface area is 165 Å². The van der Waals surface area contributed by atoms with E-state index in [4.69, 9.17) is 4.74 Å². The molecule has 1 atom stereocenters. The standard InChI is InChI=1S/C24H23NO3/c1-18-13-15-20(16-14-18)22(24(27)28-2)25(17-19-9-5-3-6-10-19)23(26)21-11-7-4-8-12-21/h3-16,22H,17H2,1-2H3. The summed E-state index contributed by atoms with van der Waals surface area (Å²) in [7, 11) is 1.34. The number of nitrogens with zero attached hydrogens (tertiary/aromatic N) is 1. The van der Waals surface area contributed by atoms with E-state index in [1.807, 2.05) is 79.7 Å². The quantitative estimate of drug-likeness (QED) is 0.596. The minimum absolute atomic E-state index is 0.222. The highest BCUT2D eigenvalue weighted by Gasteiger charge is 2.33. The van der Waals surface area contributed by atoms with Crippen molar-refractivity contribution in [3.05, 3.63) is 107 Å². The molecular formula is C24H23NO3. The lowest BCUT2D eigenvalue weighted by molar-refractivity contribution is -0.146. The molecule has 0 bridgehead atoms. The molecule has 0 aliphatic rings. The van der Waals surface area contributed by atoms with Gasteiger partial charge in [-0.1, -0.05) is 78.4 Å². The van der Waals surface area contributed by atoms with Gasteiger partial charge in [0.05, 0.1) is 7.11 Å². The van der Waals surface area contributed by atoms with Crippen LogP contribution in [0, 0.1) is 6.92 Å².